The van der Waals surface area contributed by atoms with E-state index in [1.54, 1.807) is 0 Å². The molecule has 5 heteroatoms. The summed E-state index contributed by atoms with van der Waals surface area (Å²) in [5, 5.41) is 7.24. The topological polar surface area (TPSA) is 48.5 Å². The average Bonchev–Trinajstić information content (AvgIpc) is 3.83. The highest BCUT2D eigenvalue weighted by Crippen LogP contribution is 2.50. The fraction of sp³-hybridized carbons (Fsp3) is 0.140. The molecule has 3 heterocycles. The van der Waals surface area contributed by atoms with E-state index in [0.29, 0.717) is 17.6 Å². The molecule has 298 valence electrons. The number of nitrogens with zero attached hydrogens (tertiary/aromatic N) is 5. The van der Waals surface area contributed by atoms with Crippen LogP contribution in [0.3, 0.4) is 0 Å². The minimum absolute atomic E-state index is 0.000825. The van der Waals surface area contributed by atoms with Crippen molar-refractivity contribution in [3.05, 3.63) is 187 Å². The summed E-state index contributed by atoms with van der Waals surface area (Å²) in [6.07, 6.45) is 2.26. The predicted molar refractivity (Wildman–Crippen MR) is 258 cm³/mol. The van der Waals surface area contributed by atoms with Gasteiger partial charge in [0.1, 0.15) is 0 Å². The molecule has 0 amide bonds. The van der Waals surface area contributed by atoms with Crippen molar-refractivity contribution in [2.24, 2.45) is 0 Å². The maximum Gasteiger partial charge on any atom is 0.238 e. The molecule has 8 aromatic carbocycles. The summed E-state index contributed by atoms with van der Waals surface area (Å²) in [5.41, 5.74) is 12.6. The first-order valence-corrected chi connectivity index (χ1v) is 21.7. The molecule has 0 bridgehead atoms. The molecule has 1 aliphatic carbocycles. The Bertz CT molecular complexity index is 3560. The van der Waals surface area contributed by atoms with Crippen LogP contribution < -0.4 is 0 Å². The molecule has 0 fully saturated rings. The normalized spacial score (nSPS) is 14.6. The van der Waals surface area contributed by atoms with Crippen LogP contribution >= 0.6 is 0 Å². The Morgan fingerprint density at radius 1 is 0.387 bits per heavy atom. The number of benzene rings is 8. The zero-order valence-electron chi connectivity index (χ0n) is 35.4. The standard InChI is InChI=1S/C57H45N5/c1-56(2)31-32-57(3,4)48-35-50-46(34-47(48)56)45-30-29-44-43-21-13-14-22-49(43)61(42-19-9-6-10-20-42)51(44)52(45)62(50)55-59-53(38-16-7-5-8-17-38)58-54(60-55)39-26-23-37(24-27-39)41-28-25-36-15-11-12-18-40(36)33-41/h5-30,33-35H,31-32H2,1-4H3. The third kappa shape index (κ3) is 5.65. The Hall–Kier alpha value is -7.37. The molecule has 0 aliphatic heterocycles. The highest BCUT2D eigenvalue weighted by molar-refractivity contribution is 6.24. The van der Waals surface area contributed by atoms with Gasteiger partial charge in [-0.1, -0.05) is 167 Å². The van der Waals surface area contributed by atoms with E-state index in [4.69, 9.17) is 15.0 Å². The number of aromatic nitrogens is 5. The number of fused-ring (bicyclic) bond motifs is 9. The number of hydrogen-bond donors (Lipinski definition) is 0. The van der Waals surface area contributed by atoms with E-state index in [1.165, 1.54) is 49.0 Å². The van der Waals surface area contributed by atoms with E-state index in [-0.39, 0.29) is 10.8 Å². The molecule has 0 unspecified atom stereocenters. The molecule has 0 saturated heterocycles. The van der Waals surface area contributed by atoms with E-state index in [0.717, 1.165) is 57.3 Å². The van der Waals surface area contributed by atoms with E-state index >= 15 is 0 Å². The Labute approximate surface area is 361 Å². The van der Waals surface area contributed by atoms with Gasteiger partial charge in [-0.05, 0) is 93.1 Å². The van der Waals surface area contributed by atoms with Crippen molar-refractivity contribution in [3.8, 4) is 45.5 Å². The van der Waals surface area contributed by atoms with Gasteiger partial charge in [-0.25, -0.2) is 4.98 Å². The van der Waals surface area contributed by atoms with E-state index in [1.807, 2.05) is 6.07 Å². The molecule has 12 rings (SSSR count). The smallest absolute Gasteiger partial charge is 0.238 e. The van der Waals surface area contributed by atoms with Crippen molar-refractivity contribution >= 4 is 54.4 Å². The van der Waals surface area contributed by atoms with Crippen LogP contribution in [-0.4, -0.2) is 24.1 Å². The lowest BCUT2D eigenvalue weighted by atomic mass is 9.63. The van der Waals surface area contributed by atoms with Gasteiger partial charge in [0.25, 0.3) is 0 Å². The van der Waals surface area contributed by atoms with Gasteiger partial charge in [0, 0.05) is 38.4 Å². The molecule has 0 atom stereocenters. The Morgan fingerprint density at radius 2 is 0.935 bits per heavy atom. The molecular weight excluding hydrogens is 755 g/mol. The van der Waals surface area contributed by atoms with Crippen LogP contribution in [0.5, 0.6) is 0 Å². The summed E-state index contributed by atoms with van der Waals surface area (Å²) in [7, 11) is 0. The highest BCUT2D eigenvalue weighted by Gasteiger charge is 2.38. The van der Waals surface area contributed by atoms with Crippen molar-refractivity contribution in [3.63, 3.8) is 0 Å². The zero-order chi connectivity index (χ0) is 41.7. The van der Waals surface area contributed by atoms with Crippen molar-refractivity contribution in [2.75, 3.05) is 0 Å². The van der Waals surface area contributed by atoms with Crippen molar-refractivity contribution in [1.29, 1.82) is 0 Å². The van der Waals surface area contributed by atoms with Crippen LogP contribution in [0.1, 0.15) is 51.7 Å². The Morgan fingerprint density at radius 3 is 1.66 bits per heavy atom. The molecule has 11 aromatic rings. The Kier molecular flexibility index (Phi) is 7.98. The summed E-state index contributed by atoms with van der Waals surface area (Å²) in [6, 6.07) is 63.3. The first-order chi connectivity index (χ1) is 30.2. The minimum atomic E-state index is 0.000825. The number of hydrogen-bond acceptors (Lipinski definition) is 3. The summed E-state index contributed by atoms with van der Waals surface area (Å²) in [6.45, 7) is 9.63. The lowest BCUT2D eigenvalue weighted by Gasteiger charge is -2.42. The molecule has 3 aromatic heterocycles. The maximum atomic E-state index is 5.49. The molecular formula is C57H45N5. The third-order valence-electron chi connectivity index (χ3n) is 13.6. The lowest BCUT2D eigenvalue weighted by Crippen LogP contribution is -2.33. The van der Waals surface area contributed by atoms with Crippen LogP contribution in [0, 0.1) is 0 Å². The first-order valence-electron chi connectivity index (χ1n) is 21.7. The van der Waals surface area contributed by atoms with Gasteiger partial charge < -0.3 is 4.57 Å². The molecule has 0 spiro atoms. The summed E-state index contributed by atoms with van der Waals surface area (Å²) in [4.78, 5) is 16.1. The summed E-state index contributed by atoms with van der Waals surface area (Å²) < 4.78 is 4.78. The molecule has 1 aliphatic rings. The van der Waals surface area contributed by atoms with Crippen LogP contribution in [-0.2, 0) is 10.8 Å². The number of para-hydroxylation sites is 2. The average molecular weight is 800 g/mol. The van der Waals surface area contributed by atoms with Gasteiger partial charge >= 0.3 is 0 Å². The molecule has 5 nitrogen and oxygen atoms in total. The minimum Gasteiger partial charge on any atom is -0.307 e. The van der Waals surface area contributed by atoms with Crippen molar-refractivity contribution < 1.29 is 0 Å². The van der Waals surface area contributed by atoms with Gasteiger partial charge in [-0.2, -0.15) is 9.97 Å². The fourth-order valence-electron chi connectivity index (χ4n) is 10.2. The lowest BCUT2D eigenvalue weighted by molar-refractivity contribution is 0.332. The predicted octanol–water partition coefficient (Wildman–Crippen LogP) is 14.6. The largest absolute Gasteiger partial charge is 0.307 e. The van der Waals surface area contributed by atoms with Crippen LogP contribution in [0.25, 0.3) is 99.9 Å². The molecule has 0 N–H and O–H groups in total. The van der Waals surface area contributed by atoms with Crippen LogP contribution in [0.15, 0.2) is 176 Å². The molecule has 0 radical (unpaired) electrons. The van der Waals surface area contributed by atoms with Crippen LogP contribution in [0.4, 0.5) is 0 Å². The van der Waals surface area contributed by atoms with E-state index in [2.05, 4.69) is 207 Å². The molecule has 62 heavy (non-hydrogen) atoms. The summed E-state index contributed by atoms with van der Waals surface area (Å²) >= 11 is 0. The zero-order valence-corrected chi connectivity index (χ0v) is 35.4. The van der Waals surface area contributed by atoms with Crippen molar-refractivity contribution in [1.82, 2.24) is 24.1 Å². The Balaban J connectivity index is 1.18. The van der Waals surface area contributed by atoms with Gasteiger partial charge in [0.05, 0.1) is 22.1 Å². The molecule has 0 saturated carbocycles. The van der Waals surface area contributed by atoms with Gasteiger partial charge in [-0.15, -0.1) is 0 Å². The van der Waals surface area contributed by atoms with Crippen LogP contribution in [0.2, 0.25) is 0 Å². The van der Waals surface area contributed by atoms with Crippen molar-refractivity contribution in [2.45, 2.75) is 51.4 Å². The second kappa shape index (κ2) is 13.6. The van der Waals surface area contributed by atoms with Gasteiger partial charge in [-0.3, -0.25) is 4.57 Å². The quantitative estimate of drug-likeness (QED) is 0.174. The second-order valence-electron chi connectivity index (χ2n) is 18.4. The van der Waals surface area contributed by atoms with E-state index in [9.17, 15) is 0 Å². The van der Waals surface area contributed by atoms with E-state index < -0.39 is 0 Å². The number of rotatable bonds is 5. The highest BCUT2D eigenvalue weighted by atomic mass is 15.2. The summed E-state index contributed by atoms with van der Waals surface area (Å²) in [5.74, 6) is 1.86. The first kappa shape index (κ1) is 36.5. The van der Waals surface area contributed by atoms with Gasteiger partial charge in [0.2, 0.25) is 5.95 Å². The van der Waals surface area contributed by atoms with Gasteiger partial charge in [0.15, 0.2) is 11.6 Å². The monoisotopic (exact) mass is 799 g/mol. The fourth-order valence-corrected chi connectivity index (χ4v) is 10.2. The third-order valence-corrected chi connectivity index (χ3v) is 13.6. The maximum absolute atomic E-state index is 5.49. The SMILES string of the molecule is CC1(C)CCC(C)(C)c2cc3c(cc21)c1ccc2c4ccccc4n(-c4ccccc4)c2c1n3-c1nc(-c2ccccc2)nc(-c2ccc(-c3ccc4ccccc4c3)cc2)n1. The second-order valence-corrected chi connectivity index (χ2v) is 18.4.